The molecule has 106 valence electrons. The van der Waals surface area contributed by atoms with Crippen molar-refractivity contribution in [1.82, 2.24) is 10.2 Å². The Morgan fingerprint density at radius 3 is 2.78 bits per heavy atom. The van der Waals surface area contributed by atoms with E-state index < -0.39 is 0 Å². The highest BCUT2D eigenvalue weighted by Gasteiger charge is 2.26. The highest BCUT2D eigenvalue weighted by atomic mass is 16.3. The lowest BCUT2D eigenvalue weighted by Crippen LogP contribution is -2.49. The first-order valence-corrected chi connectivity index (χ1v) is 7.21. The number of nitrogens with one attached hydrogen (secondary N) is 1. The van der Waals surface area contributed by atoms with E-state index >= 15 is 0 Å². The first-order chi connectivity index (χ1) is 8.50. The first kappa shape index (κ1) is 15.3. The Labute approximate surface area is 111 Å². The Morgan fingerprint density at radius 1 is 1.44 bits per heavy atom. The van der Waals surface area contributed by atoms with E-state index in [1.165, 1.54) is 6.42 Å². The minimum absolute atomic E-state index is 0.0227. The summed E-state index contributed by atoms with van der Waals surface area (Å²) < 4.78 is 0. The molecule has 0 aromatic rings. The molecule has 0 bridgehead atoms. The van der Waals surface area contributed by atoms with Gasteiger partial charge in [-0.05, 0) is 24.7 Å². The lowest BCUT2D eigenvalue weighted by Gasteiger charge is -2.34. The number of rotatable bonds is 5. The number of carbonyl (C=O) groups is 1. The first-order valence-electron chi connectivity index (χ1n) is 7.21. The molecular formula is C14H28N2O2. The Balaban J connectivity index is 2.13. The average Bonchev–Trinajstić information content (AvgIpc) is 2.31. The number of hydrogen-bond acceptors (Lipinski definition) is 2. The monoisotopic (exact) mass is 256 g/mol. The summed E-state index contributed by atoms with van der Waals surface area (Å²) in [6, 6.07) is -0.0227. The summed E-state index contributed by atoms with van der Waals surface area (Å²) in [6.07, 6.45) is 3.94. The molecule has 1 saturated heterocycles. The van der Waals surface area contributed by atoms with Gasteiger partial charge in [0.15, 0.2) is 0 Å². The second-order valence-electron chi connectivity index (χ2n) is 5.90. The maximum Gasteiger partial charge on any atom is 0.317 e. The van der Waals surface area contributed by atoms with Crippen molar-refractivity contribution in [2.24, 2.45) is 11.8 Å². The third kappa shape index (κ3) is 5.25. The van der Waals surface area contributed by atoms with E-state index in [1.54, 1.807) is 4.90 Å². The van der Waals surface area contributed by atoms with Crippen molar-refractivity contribution in [2.45, 2.75) is 52.6 Å². The van der Waals surface area contributed by atoms with Gasteiger partial charge in [-0.1, -0.05) is 33.6 Å². The van der Waals surface area contributed by atoms with Crippen LogP contribution in [0.25, 0.3) is 0 Å². The van der Waals surface area contributed by atoms with E-state index in [4.69, 9.17) is 0 Å². The van der Waals surface area contributed by atoms with E-state index in [9.17, 15) is 9.90 Å². The summed E-state index contributed by atoms with van der Waals surface area (Å²) in [5.74, 6) is 1.04. The van der Waals surface area contributed by atoms with E-state index in [-0.39, 0.29) is 12.1 Å². The smallest absolute Gasteiger partial charge is 0.317 e. The van der Waals surface area contributed by atoms with Crippen LogP contribution in [0.2, 0.25) is 0 Å². The van der Waals surface area contributed by atoms with Crippen LogP contribution in [0.3, 0.4) is 0 Å². The summed E-state index contributed by atoms with van der Waals surface area (Å²) in [7, 11) is 0. The van der Waals surface area contributed by atoms with Gasteiger partial charge in [-0.25, -0.2) is 4.79 Å². The van der Waals surface area contributed by atoms with Crippen molar-refractivity contribution in [3.8, 4) is 0 Å². The van der Waals surface area contributed by atoms with Crippen LogP contribution >= 0.6 is 0 Å². The molecule has 4 nitrogen and oxygen atoms in total. The molecule has 1 aliphatic rings. The number of amides is 2. The number of carbonyl (C=O) groups excluding carboxylic acids is 1. The SMILES string of the molecule is CC(C)CCCCNC(=O)N1CCC(C)C(O)C1. The quantitative estimate of drug-likeness (QED) is 0.741. The molecule has 0 radical (unpaired) electrons. The molecule has 2 amide bonds. The molecule has 0 aliphatic carbocycles. The Kier molecular flexibility index (Phi) is 6.47. The van der Waals surface area contributed by atoms with Crippen molar-refractivity contribution in [3.05, 3.63) is 0 Å². The molecule has 0 saturated carbocycles. The van der Waals surface area contributed by atoms with Crippen molar-refractivity contribution in [1.29, 1.82) is 0 Å². The largest absolute Gasteiger partial charge is 0.391 e. The fraction of sp³-hybridized carbons (Fsp3) is 0.929. The second kappa shape index (κ2) is 7.62. The van der Waals surface area contributed by atoms with E-state index in [0.29, 0.717) is 12.5 Å². The number of piperidine rings is 1. The number of likely N-dealkylation sites (tertiary alicyclic amines) is 1. The zero-order chi connectivity index (χ0) is 13.5. The van der Waals surface area contributed by atoms with Crippen LogP contribution in [-0.4, -0.2) is 41.8 Å². The molecule has 4 heteroatoms. The number of aliphatic hydroxyl groups excluding tert-OH is 1. The van der Waals surface area contributed by atoms with Crippen LogP contribution in [-0.2, 0) is 0 Å². The number of aliphatic hydroxyl groups is 1. The predicted molar refractivity (Wildman–Crippen MR) is 73.4 cm³/mol. The van der Waals surface area contributed by atoms with Gasteiger partial charge in [0.1, 0.15) is 0 Å². The Bertz CT molecular complexity index is 256. The third-order valence-electron chi connectivity index (χ3n) is 3.69. The van der Waals surface area contributed by atoms with Gasteiger partial charge in [-0.3, -0.25) is 0 Å². The Morgan fingerprint density at radius 2 is 2.17 bits per heavy atom. The van der Waals surface area contributed by atoms with Gasteiger partial charge in [0.05, 0.1) is 6.10 Å². The topological polar surface area (TPSA) is 52.6 Å². The zero-order valence-corrected chi connectivity index (χ0v) is 12.0. The molecule has 0 spiro atoms. The predicted octanol–water partition coefficient (Wildman–Crippen LogP) is 2.23. The lowest BCUT2D eigenvalue weighted by molar-refractivity contribution is 0.0436. The van der Waals surface area contributed by atoms with Gasteiger partial charge in [0.2, 0.25) is 0 Å². The molecule has 1 heterocycles. The van der Waals surface area contributed by atoms with Crippen LogP contribution in [0.5, 0.6) is 0 Å². The summed E-state index contributed by atoms with van der Waals surface area (Å²) in [6.45, 7) is 8.44. The van der Waals surface area contributed by atoms with Crippen molar-refractivity contribution >= 4 is 6.03 Å². The molecule has 0 aromatic carbocycles. The van der Waals surface area contributed by atoms with Crippen LogP contribution < -0.4 is 5.32 Å². The zero-order valence-electron chi connectivity index (χ0n) is 12.0. The minimum atomic E-state index is -0.370. The van der Waals surface area contributed by atoms with Gasteiger partial charge in [-0.15, -0.1) is 0 Å². The second-order valence-corrected chi connectivity index (χ2v) is 5.90. The highest BCUT2D eigenvalue weighted by Crippen LogP contribution is 2.16. The average molecular weight is 256 g/mol. The molecule has 1 fully saturated rings. The number of urea groups is 1. The maximum atomic E-state index is 11.9. The van der Waals surface area contributed by atoms with Crippen molar-refractivity contribution in [2.75, 3.05) is 19.6 Å². The van der Waals surface area contributed by atoms with Crippen LogP contribution in [0.4, 0.5) is 4.79 Å². The normalized spacial score (nSPS) is 24.4. The van der Waals surface area contributed by atoms with E-state index in [1.807, 2.05) is 6.92 Å². The van der Waals surface area contributed by atoms with E-state index in [0.717, 1.165) is 38.3 Å². The standard InChI is InChI=1S/C14H28N2O2/c1-11(2)6-4-5-8-15-14(18)16-9-7-12(3)13(17)10-16/h11-13,17H,4-10H2,1-3H3,(H,15,18). The fourth-order valence-corrected chi connectivity index (χ4v) is 2.22. The van der Waals surface area contributed by atoms with Crippen LogP contribution in [0.15, 0.2) is 0 Å². The maximum absolute atomic E-state index is 11.9. The highest BCUT2D eigenvalue weighted by molar-refractivity contribution is 5.74. The molecule has 18 heavy (non-hydrogen) atoms. The molecule has 2 atom stereocenters. The van der Waals surface area contributed by atoms with Crippen molar-refractivity contribution in [3.63, 3.8) is 0 Å². The van der Waals surface area contributed by atoms with E-state index in [2.05, 4.69) is 19.2 Å². The summed E-state index contributed by atoms with van der Waals surface area (Å²) >= 11 is 0. The van der Waals surface area contributed by atoms with Crippen molar-refractivity contribution < 1.29 is 9.90 Å². The van der Waals surface area contributed by atoms with Gasteiger partial charge < -0.3 is 15.3 Å². The molecule has 1 rings (SSSR count). The molecule has 0 aromatic heterocycles. The van der Waals surface area contributed by atoms with Crippen LogP contribution in [0.1, 0.15) is 46.5 Å². The Hall–Kier alpha value is -0.770. The summed E-state index contributed by atoms with van der Waals surface area (Å²) in [4.78, 5) is 13.6. The lowest BCUT2D eigenvalue weighted by atomic mass is 9.96. The molecule has 2 N–H and O–H groups in total. The number of unbranched alkanes of at least 4 members (excludes halogenated alkanes) is 1. The third-order valence-corrected chi connectivity index (χ3v) is 3.69. The molecule has 1 aliphatic heterocycles. The summed E-state index contributed by atoms with van der Waals surface area (Å²) in [5, 5.41) is 12.7. The fourth-order valence-electron chi connectivity index (χ4n) is 2.22. The summed E-state index contributed by atoms with van der Waals surface area (Å²) in [5.41, 5.74) is 0. The number of hydrogen-bond donors (Lipinski definition) is 2. The minimum Gasteiger partial charge on any atom is -0.391 e. The molecular weight excluding hydrogens is 228 g/mol. The van der Waals surface area contributed by atoms with Gasteiger partial charge in [-0.2, -0.15) is 0 Å². The van der Waals surface area contributed by atoms with Gasteiger partial charge in [0.25, 0.3) is 0 Å². The van der Waals surface area contributed by atoms with Gasteiger partial charge in [0, 0.05) is 19.6 Å². The number of β-amino-alcohol motifs (C(OH)–C–C–N with tert-alkyl or cyclic N) is 1. The van der Waals surface area contributed by atoms with Gasteiger partial charge >= 0.3 is 6.03 Å². The number of nitrogens with zero attached hydrogens (tertiary/aromatic N) is 1. The van der Waals surface area contributed by atoms with Crippen LogP contribution in [0, 0.1) is 11.8 Å². The molecule has 2 unspecified atom stereocenters.